The number of aromatic nitrogens is 4. The molecule has 154 valence electrons. The van der Waals surface area contributed by atoms with Crippen molar-refractivity contribution in [2.24, 2.45) is 0 Å². The topological polar surface area (TPSA) is 94.9 Å². The second-order valence-electron chi connectivity index (χ2n) is 7.06. The molecule has 1 amide bonds. The van der Waals surface area contributed by atoms with Crippen molar-refractivity contribution in [1.82, 2.24) is 24.4 Å². The van der Waals surface area contributed by atoms with Crippen LogP contribution in [0, 0.1) is 6.92 Å². The molecule has 0 saturated heterocycles. The molecule has 4 rings (SSSR count). The Morgan fingerprint density at radius 2 is 2.13 bits per heavy atom. The summed E-state index contributed by atoms with van der Waals surface area (Å²) in [5.41, 5.74) is 1.95. The summed E-state index contributed by atoms with van der Waals surface area (Å²) in [6.45, 7) is 8.73. The van der Waals surface area contributed by atoms with E-state index >= 15 is 0 Å². The summed E-state index contributed by atoms with van der Waals surface area (Å²) < 4.78 is 9.06. The van der Waals surface area contributed by atoms with Crippen LogP contribution in [0.25, 0.3) is 22.1 Å². The smallest absolute Gasteiger partial charge is 0.265 e. The van der Waals surface area contributed by atoms with Crippen molar-refractivity contribution < 1.29 is 9.21 Å². The molecular formula is C22H23N5O3. The number of nitrogens with zero attached hydrogens (tertiary/aromatic N) is 4. The van der Waals surface area contributed by atoms with Gasteiger partial charge in [-0.3, -0.25) is 14.2 Å². The van der Waals surface area contributed by atoms with E-state index in [1.807, 2.05) is 24.3 Å². The summed E-state index contributed by atoms with van der Waals surface area (Å²) in [5.74, 6) is 0.723. The molecule has 0 bridgehead atoms. The van der Waals surface area contributed by atoms with Crippen LogP contribution >= 0.6 is 0 Å². The van der Waals surface area contributed by atoms with Crippen LogP contribution in [0.15, 0.2) is 52.5 Å². The molecule has 3 heterocycles. The van der Waals surface area contributed by atoms with Gasteiger partial charge in [0.15, 0.2) is 0 Å². The number of hydrogen-bond donors (Lipinski definition) is 1. The maximum absolute atomic E-state index is 13.0. The summed E-state index contributed by atoms with van der Waals surface area (Å²) in [5, 5.41) is 3.07. The zero-order valence-electron chi connectivity index (χ0n) is 17.0. The summed E-state index contributed by atoms with van der Waals surface area (Å²) in [6.07, 6.45) is 3.94. The number of fused-ring (bicyclic) bond motifs is 2. The van der Waals surface area contributed by atoms with Gasteiger partial charge >= 0.3 is 0 Å². The summed E-state index contributed by atoms with van der Waals surface area (Å²) in [6, 6.07) is 7.88. The minimum absolute atomic E-state index is 0.154. The predicted octanol–water partition coefficient (Wildman–Crippen LogP) is 3.17. The Balaban J connectivity index is 1.68. The molecule has 0 spiro atoms. The van der Waals surface area contributed by atoms with Gasteiger partial charge < -0.3 is 14.3 Å². The van der Waals surface area contributed by atoms with Crippen molar-refractivity contribution in [3.05, 3.63) is 70.7 Å². The zero-order chi connectivity index (χ0) is 21.3. The van der Waals surface area contributed by atoms with Crippen molar-refractivity contribution >= 4 is 28.0 Å². The lowest BCUT2D eigenvalue weighted by molar-refractivity contribution is 0.0949. The number of carbonyl (C=O) groups excluding carboxylic acids is 1. The highest BCUT2D eigenvalue weighted by molar-refractivity contribution is 6.06. The van der Waals surface area contributed by atoms with Crippen LogP contribution in [0.5, 0.6) is 0 Å². The van der Waals surface area contributed by atoms with Gasteiger partial charge in [-0.05, 0) is 25.5 Å². The van der Waals surface area contributed by atoms with E-state index < -0.39 is 5.91 Å². The van der Waals surface area contributed by atoms with Gasteiger partial charge in [-0.25, -0.2) is 9.97 Å². The van der Waals surface area contributed by atoms with Gasteiger partial charge in [-0.1, -0.05) is 25.1 Å². The second kappa shape index (κ2) is 7.98. The fourth-order valence-electron chi connectivity index (χ4n) is 3.66. The molecule has 1 N–H and O–H groups in total. The van der Waals surface area contributed by atoms with Crippen LogP contribution in [0.3, 0.4) is 0 Å². The summed E-state index contributed by atoms with van der Waals surface area (Å²) >= 11 is 0. The molecule has 3 aromatic heterocycles. The number of benzene rings is 1. The third kappa shape index (κ3) is 3.30. The molecule has 1 aromatic carbocycles. The number of furan rings is 1. The normalized spacial score (nSPS) is 11.3. The first kappa shape index (κ1) is 19.6. The molecular weight excluding hydrogens is 382 g/mol. The highest BCUT2D eigenvalue weighted by Crippen LogP contribution is 2.21. The van der Waals surface area contributed by atoms with Crippen molar-refractivity contribution in [3.63, 3.8) is 0 Å². The Hall–Kier alpha value is -3.68. The van der Waals surface area contributed by atoms with Gasteiger partial charge in [-0.15, -0.1) is 6.58 Å². The third-order valence-corrected chi connectivity index (χ3v) is 5.00. The van der Waals surface area contributed by atoms with Crippen molar-refractivity contribution in [3.8, 4) is 0 Å². The van der Waals surface area contributed by atoms with Crippen molar-refractivity contribution in [2.75, 3.05) is 0 Å². The molecule has 0 atom stereocenters. The van der Waals surface area contributed by atoms with Crippen LogP contribution < -0.4 is 10.9 Å². The van der Waals surface area contributed by atoms with E-state index in [4.69, 9.17) is 4.42 Å². The Labute approximate surface area is 172 Å². The summed E-state index contributed by atoms with van der Waals surface area (Å²) in [4.78, 5) is 34.6. The average molecular weight is 405 g/mol. The molecule has 0 fully saturated rings. The number of amides is 1. The lowest BCUT2D eigenvalue weighted by Crippen LogP contribution is -2.27. The highest BCUT2D eigenvalue weighted by atomic mass is 16.3. The van der Waals surface area contributed by atoms with Crippen LogP contribution in [0.4, 0.5) is 0 Å². The lowest BCUT2D eigenvalue weighted by atomic mass is 10.2. The Morgan fingerprint density at radius 3 is 2.90 bits per heavy atom. The van der Waals surface area contributed by atoms with E-state index in [2.05, 4.69) is 33.4 Å². The molecule has 30 heavy (non-hydrogen) atoms. The minimum Gasteiger partial charge on any atom is -0.442 e. The van der Waals surface area contributed by atoms with Crippen LogP contribution in [0.1, 0.15) is 35.3 Å². The molecule has 8 heteroatoms. The Morgan fingerprint density at radius 1 is 1.33 bits per heavy atom. The fourth-order valence-corrected chi connectivity index (χ4v) is 3.66. The quantitative estimate of drug-likeness (QED) is 0.477. The molecule has 0 unspecified atom stereocenters. The van der Waals surface area contributed by atoms with Gasteiger partial charge in [0.05, 0.1) is 23.1 Å². The number of allylic oxidation sites excluding steroid dienone is 1. The number of rotatable bonds is 7. The first-order valence-electron chi connectivity index (χ1n) is 9.87. The molecule has 8 nitrogen and oxygen atoms in total. The van der Waals surface area contributed by atoms with E-state index in [0.29, 0.717) is 12.3 Å². The number of para-hydroxylation sites is 2. The number of nitrogens with one attached hydrogen (secondary N) is 1. The van der Waals surface area contributed by atoms with Crippen molar-refractivity contribution in [1.29, 1.82) is 0 Å². The van der Waals surface area contributed by atoms with Gasteiger partial charge in [0.25, 0.3) is 11.5 Å². The lowest BCUT2D eigenvalue weighted by Gasteiger charge is -2.09. The van der Waals surface area contributed by atoms with Crippen molar-refractivity contribution in [2.45, 2.75) is 39.9 Å². The maximum Gasteiger partial charge on any atom is 0.265 e. The largest absolute Gasteiger partial charge is 0.442 e. The van der Waals surface area contributed by atoms with Gasteiger partial charge in [0, 0.05) is 13.1 Å². The van der Waals surface area contributed by atoms with Gasteiger partial charge in [0.1, 0.15) is 23.3 Å². The number of hydrogen-bond acceptors (Lipinski definition) is 5. The first-order chi connectivity index (χ1) is 14.5. The standard InChI is InChI=1S/C22H23N5O3/c1-4-10-26-13-24-21-19(22(26)29)18(14(3)30-21)20(28)23-12-17-25-15-8-6-7-9-16(15)27(17)11-5-2/h4,6-9,13H,1,5,10-12H2,2-3H3,(H,23,28). The van der Waals surface area contributed by atoms with Crippen LogP contribution in [-0.4, -0.2) is 25.0 Å². The predicted molar refractivity (Wildman–Crippen MR) is 114 cm³/mol. The summed E-state index contributed by atoms with van der Waals surface area (Å²) in [7, 11) is 0. The molecule has 4 aromatic rings. The highest BCUT2D eigenvalue weighted by Gasteiger charge is 2.23. The SMILES string of the molecule is C=CCn1cnc2oc(C)c(C(=O)NCc3nc4ccccc4n3CCC)c2c1=O. The number of imidazole rings is 1. The van der Waals surface area contributed by atoms with Gasteiger partial charge in [-0.2, -0.15) is 0 Å². The minimum atomic E-state index is -0.392. The van der Waals surface area contributed by atoms with E-state index in [1.54, 1.807) is 13.0 Å². The fraction of sp³-hybridized carbons (Fsp3) is 0.273. The second-order valence-corrected chi connectivity index (χ2v) is 7.06. The molecule has 0 aliphatic rings. The average Bonchev–Trinajstić information content (AvgIpc) is 3.26. The van der Waals surface area contributed by atoms with E-state index in [9.17, 15) is 9.59 Å². The maximum atomic E-state index is 13.0. The third-order valence-electron chi connectivity index (χ3n) is 5.00. The Kier molecular flexibility index (Phi) is 5.22. The number of aryl methyl sites for hydroxylation is 2. The van der Waals surface area contributed by atoms with Crippen LogP contribution in [-0.2, 0) is 19.6 Å². The molecule has 0 radical (unpaired) electrons. The van der Waals surface area contributed by atoms with E-state index in [0.717, 1.165) is 29.8 Å². The molecule has 0 saturated carbocycles. The van der Waals surface area contributed by atoms with Crippen LogP contribution in [0.2, 0.25) is 0 Å². The molecule has 0 aliphatic heterocycles. The van der Waals surface area contributed by atoms with E-state index in [1.165, 1.54) is 10.9 Å². The van der Waals surface area contributed by atoms with Gasteiger partial charge in [0.2, 0.25) is 5.71 Å². The first-order valence-corrected chi connectivity index (χ1v) is 9.87. The Bertz CT molecular complexity index is 1310. The molecule has 0 aliphatic carbocycles. The monoisotopic (exact) mass is 405 g/mol. The number of carbonyl (C=O) groups is 1. The van der Waals surface area contributed by atoms with E-state index in [-0.39, 0.29) is 28.8 Å². The zero-order valence-corrected chi connectivity index (χ0v) is 17.0.